The first-order valence-electron chi connectivity index (χ1n) is 8.55. The number of allylic oxidation sites excluding steroid dienone is 1. The molecular weight excluding hydrogens is 372 g/mol. The van der Waals surface area contributed by atoms with E-state index in [1.807, 2.05) is 16.7 Å². The Balaban J connectivity index is 2.19. The highest BCUT2D eigenvalue weighted by Gasteiger charge is 1.99. The van der Waals surface area contributed by atoms with Crippen LogP contribution in [0, 0.1) is 0 Å². The molecule has 0 unspecified atom stereocenters. The van der Waals surface area contributed by atoms with Gasteiger partial charge < -0.3 is 19.1 Å². The molecule has 1 amide bonds. The molecule has 0 bridgehead atoms. The first-order valence-corrected chi connectivity index (χ1v) is 8.55. The lowest BCUT2D eigenvalue weighted by Gasteiger charge is -1.96. The van der Waals surface area contributed by atoms with Gasteiger partial charge in [-0.1, -0.05) is 12.1 Å². The highest BCUT2D eigenvalue weighted by molar-refractivity contribution is 5.90. The Kier molecular flexibility index (Phi) is 6.83. The number of carbonyl (C=O) groups is 1. The van der Waals surface area contributed by atoms with Crippen molar-refractivity contribution in [2.45, 2.75) is 6.54 Å². The zero-order chi connectivity index (χ0) is 20.3. The van der Waals surface area contributed by atoms with Crippen LogP contribution in [0.2, 0.25) is 0 Å². The van der Waals surface area contributed by atoms with Crippen LogP contribution < -0.4 is 5.73 Å². The van der Waals surface area contributed by atoms with Crippen molar-refractivity contribution in [2.75, 3.05) is 0 Å². The monoisotopic (exact) mass is 390 g/mol. The van der Waals surface area contributed by atoms with Crippen molar-refractivity contribution < 1.29 is 13.6 Å². The number of primary amides is 1. The minimum Gasteiger partial charge on any atom is -0.470 e. The number of aromatic nitrogens is 5. The van der Waals surface area contributed by atoms with Gasteiger partial charge in [0.15, 0.2) is 0 Å². The predicted molar refractivity (Wildman–Crippen MR) is 106 cm³/mol. The number of hydrogen-bond acceptors (Lipinski definition) is 7. The van der Waals surface area contributed by atoms with E-state index in [-0.39, 0.29) is 5.69 Å². The molecule has 0 radical (unpaired) electrons. The number of carbonyl (C=O) groups excluding carboxylic acids is 1. The molecule has 0 aromatic carbocycles. The predicted octanol–water partition coefficient (Wildman–Crippen LogP) is 3.03. The third-order valence-corrected chi connectivity index (χ3v) is 3.57. The fourth-order valence-electron chi connectivity index (χ4n) is 2.22. The van der Waals surface area contributed by atoms with E-state index < -0.39 is 5.91 Å². The maximum Gasteiger partial charge on any atom is 0.268 e. The first kappa shape index (κ1) is 19.5. The van der Waals surface area contributed by atoms with Gasteiger partial charge in [0.1, 0.15) is 18.3 Å². The third kappa shape index (κ3) is 5.86. The van der Waals surface area contributed by atoms with Crippen LogP contribution in [0.4, 0.5) is 0 Å². The van der Waals surface area contributed by atoms with Crippen molar-refractivity contribution >= 4 is 23.1 Å². The molecule has 0 saturated heterocycles. The maximum absolute atomic E-state index is 11.5. The molecule has 0 fully saturated rings. The largest absolute Gasteiger partial charge is 0.470 e. The SMILES string of the molecule is NC(=O)c1cncn2c(coccccc3cncnc3occcn1)C=CC2. The molecule has 1 aliphatic rings. The topological polar surface area (TPSA) is 126 Å². The van der Waals surface area contributed by atoms with Gasteiger partial charge in [0.25, 0.3) is 5.91 Å². The molecular formula is C20H18N6O3. The van der Waals surface area contributed by atoms with Crippen LogP contribution in [-0.4, -0.2) is 30.4 Å². The Morgan fingerprint density at radius 2 is 2.03 bits per heavy atom. The van der Waals surface area contributed by atoms with Gasteiger partial charge in [0.2, 0.25) is 5.71 Å². The highest BCUT2D eigenvalue weighted by atomic mass is 16.3. The van der Waals surface area contributed by atoms with Gasteiger partial charge in [-0.15, -0.1) is 0 Å². The maximum atomic E-state index is 11.5. The van der Waals surface area contributed by atoms with Crippen molar-refractivity contribution in [2.24, 2.45) is 5.73 Å². The molecule has 2 aromatic rings. The molecule has 0 saturated carbocycles. The standard InChI is InChI=1S/C20H18N6O3/c21-19(27)18-12-23-15-26-8-3-6-17(26)13-28-9-2-1-5-16-11-22-14-25-20(16)29-10-4-7-24-18/h1-7,9-15H,8H2,(H2,21,27). The summed E-state index contributed by atoms with van der Waals surface area (Å²) in [6.45, 7) is 0.627. The number of amides is 1. The quantitative estimate of drug-likeness (QED) is 0.793. The second-order valence-electron chi connectivity index (χ2n) is 5.57. The van der Waals surface area contributed by atoms with Gasteiger partial charge in [0.05, 0.1) is 36.1 Å². The summed E-state index contributed by atoms with van der Waals surface area (Å²) in [5.74, 6) is -0.703. The summed E-state index contributed by atoms with van der Waals surface area (Å²) < 4.78 is 12.7. The lowest BCUT2D eigenvalue weighted by Crippen LogP contribution is -2.12. The number of hydrogen-bond donors (Lipinski definition) is 1. The summed E-state index contributed by atoms with van der Waals surface area (Å²) >= 11 is 0. The molecule has 9 nitrogen and oxygen atoms in total. The van der Waals surface area contributed by atoms with E-state index in [2.05, 4.69) is 19.9 Å². The van der Waals surface area contributed by atoms with Crippen LogP contribution in [0.5, 0.6) is 0 Å². The second kappa shape index (κ2) is 10.2. The van der Waals surface area contributed by atoms with Gasteiger partial charge in [-0.05, 0) is 24.3 Å². The summed E-state index contributed by atoms with van der Waals surface area (Å²) in [6.07, 6.45) is 15.5. The zero-order valence-electron chi connectivity index (χ0n) is 15.3. The minimum atomic E-state index is -0.703. The first-order chi connectivity index (χ1) is 14.2. The van der Waals surface area contributed by atoms with E-state index in [4.69, 9.17) is 14.6 Å². The number of nitrogens with zero attached hydrogens (tertiary/aromatic N) is 5. The van der Waals surface area contributed by atoms with Gasteiger partial charge in [0, 0.05) is 18.9 Å². The highest BCUT2D eigenvalue weighted by Crippen LogP contribution is 2.07. The fourth-order valence-corrected chi connectivity index (χ4v) is 2.22. The van der Waals surface area contributed by atoms with Crippen molar-refractivity contribution in [1.82, 2.24) is 24.5 Å². The van der Waals surface area contributed by atoms with Gasteiger partial charge >= 0.3 is 0 Å². The summed E-state index contributed by atoms with van der Waals surface area (Å²) in [6, 6.07) is 6.78. The molecule has 9 heteroatoms. The van der Waals surface area contributed by atoms with E-state index in [1.165, 1.54) is 37.3 Å². The van der Waals surface area contributed by atoms with E-state index in [0.717, 1.165) is 5.69 Å². The fraction of sp³-hybridized carbons (Fsp3) is 0.0500. The summed E-state index contributed by atoms with van der Waals surface area (Å²) in [7, 11) is 0. The Morgan fingerprint density at radius 1 is 1.10 bits per heavy atom. The molecule has 0 spiro atoms. The lowest BCUT2D eigenvalue weighted by molar-refractivity contribution is 0.0995. The van der Waals surface area contributed by atoms with E-state index in [1.54, 1.807) is 37.0 Å². The molecule has 0 aliphatic carbocycles. The van der Waals surface area contributed by atoms with Gasteiger partial charge in [-0.25, -0.2) is 19.9 Å². The van der Waals surface area contributed by atoms with Gasteiger partial charge in [-0.2, -0.15) is 0 Å². The number of rotatable bonds is 1. The van der Waals surface area contributed by atoms with Gasteiger partial charge in [-0.3, -0.25) is 4.79 Å². The smallest absolute Gasteiger partial charge is 0.268 e. The zero-order valence-corrected chi connectivity index (χ0v) is 15.3. The summed E-state index contributed by atoms with van der Waals surface area (Å²) in [5, 5.41) is 0.672. The summed E-state index contributed by atoms with van der Waals surface area (Å²) in [5.41, 5.74) is 6.48. The Labute approximate surface area is 165 Å². The molecule has 1 aliphatic heterocycles. The van der Waals surface area contributed by atoms with E-state index >= 15 is 0 Å². The van der Waals surface area contributed by atoms with E-state index in [9.17, 15) is 4.79 Å². The number of nitrogens with two attached hydrogens (primary N) is 1. The molecule has 3 heterocycles. The van der Waals surface area contributed by atoms with Crippen molar-refractivity contribution in [1.29, 1.82) is 0 Å². The molecule has 29 heavy (non-hydrogen) atoms. The van der Waals surface area contributed by atoms with Crippen LogP contribution in [0.25, 0.3) is 17.2 Å². The normalized spacial score (nSPS) is 10.8. The minimum absolute atomic E-state index is 0.00801. The van der Waals surface area contributed by atoms with Crippen LogP contribution in [-0.2, 0) is 6.54 Å². The number of fused-ring (bicyclic) bond motifs is 2. The van der Waals surface area contributed by atoms with Crippen molar-refractivity contribution in [3.63, 3.8) is 0 Å². The molecule has 146 valence electrons. The average Bonchev–Trinajstić information content (AvgIpc) is 3.16. The molecule has 2 aromatic heterocycles. The molecule has 2 N–H and O–H groups in total. The van der Waals surface area contributed by atoms with Crippen LogP contribution in [0.3, 0.4) is 0 Å². The molecule has 0 atom stereocenters. The second-order valence-corrected chi connectivity index (χ2v) is 5.57. The van der Waals surface area contributed by atoms with Crippen molar-refractivity contribution in [3.05, 3.63) is 91.8 Å². The third-order valence-electron chi connectivity index (χ3n) is 3.57. The lowest BCUT2D eigenvalue weighted by atomic mass is 10.4. The summed E-state index contributed by atoms with van der Waals surface area (Å²) in [4.78, 5) is 27.7. The van der Waals surface area contributed by atoms with Crippen molar-refractivity contribution in [3.8, 4) is 0 Å². The van der Waals surface area contributed by atoms with E-state index in [0.29, 0.717) is 17.6 Å². The average molecular weight is 390 g/mol. The Hall–Kier alpha value is -4.27. The molecule has 3 rings (SSSR count). The van der Waals surface area contributed by atoms with Crippen LogP contribution in [0.15, 0.2) is 89.2 Å². The van der Waals surface area contributed by atoms with Crippen LogP contribution >= 0.6 is 0 Å². The van der Waals surface area contributed by atoms with Crippen LogP contribution in [0.1, 0.15) is 16.2 Å². The Bertz CT molecular complexity index is 1140. The Morgan fingerprint density at radius 3 is 2.93 bits per heavy atom.